The molecule has 0 fully saturated rings. The molecular formula is C19H24BrN. The third-order valence-electron chi connectivity index (χ3n) is 3.75. The van der Waals surface area contributed by atoms with Crippen LogP contribution in [0.1, 0.15) is 55.8 Å². The summed E-state index contributed by atoms with van der Waals surface area (Å²) in [5.41, 5.74) is 4.00. The van der Waals surface area contributed by atoms with Crippen LogP contribution in [0.3, 0.4) is 0 Å². The standard InChI is InChI=1S/C19H24BrN/c1-4-13-21-19(17-7-5-6-8-18(17)20)16-11-9-15(10-12-16)14(2)3/h5-12,14,19,21H,4,13H2,1-3H3. The van der Waals surface area contributed by atoms with Crippen molar-refractivity contribution in [3.8, 4) is 0 Å². The predicted octanol–water partition coefficient (Wildman–Crippen LogP) is 5.66. The lowest BCUT2D eigenvalue weighted by Crippen LogP contribution is -2.23. The molecule has 1 unspecified atom stereocenters. The monoisotopic (exact) mass is 345 g/mol. The second kappa shape index (κ2) is 7.77. The maximum Gasteiger partial charge on any atom is 0.0587 e. The van der Waals surface area contributed by atoms with Gasteiger partial charge in [-0.3, -0.25) is 0 Å². The van der Waals surface area contributed by atoms with Gasteiger partial charge in [-0.15, -0.1) is 0 Å². The van der Waals surface area contributed by atoms with Gasteiger partial charge in [0.05, 0.1) is 6.04 Å². The average Bonchev–Trinajstić information content (AvgIpc) is 2.50. The van der Waals surface area contributed by atoms with E-state index >= 15 is 0 Å². The van der Waals surface area contributed by atoms with Gasteiger partial charge in [0.25, 0.3) is 0 Å². The first-order valence-corrected chi connectivity index (χ1v) is 8.50. The molecule has 0 radical (unpaired) electrons. The van der Waals surface area contributed by atoms with Crippen LogP contribution >= 0.6 is 15.9 Å². The summed E-state index contributed by atoms with van der Waals surface area (Å²) in [7, 11) is 0. The highest BCUT2D eigenvalue weighted by molar-refractivity contribution is 9.10. The summed E-state index contributed by atoms with van der Waals surface area (Å²) >= 11 is 3.68. The van der Waals surface area contributed by atoms with Crippen molar-refractivity contribution in [1.29, 1.82) is 0 Å². The van der Waals surface area contributed by atoms with Crippen LogP contribution in [0.15, 0.2) is 53.0 Å². The first-order valence-electron chi connectivity index (χ1n) is 7.71. The number of rotatable bonds is 6. The molecule has 0 amide bonds. The number of nitrogens with one attached hydrogen (secondary N) is 1. The molecule has 1 nitrogen and oxygen atoms in total. The van der Waals surface area contributed by atoms with Crippen molar-refractivity contribution >= 4 is 15.9 Å². The summed E-state index contributed by atoms with van der Waals surface area (Å²) in [6, 6.07) is 17.7. The molecule has 2 heteroatoms. The molecule has 0 aliphatic carbocycles. The van der Waals surface area contributed by atoms with E-state index in [0.717, 1.165) is 17.4 Å². The van der Waals surface area contributed by atoms with Crippen molar-refractivity contribution in [2.24, 2.45) is 0 Å². The van der Waals surface area contributed by atoms with E-state index in [2.05, 4.69) is 90.5 Å². The fraction of sp³-hybridized carbons (Fsp3) is 0.368. The van der Waals surface area contributed by atoms with E-state index in [0.29, 0.717) is 5.92 Å². The largest absolute Gasteiger partial charge is 0.306 e. The van der Waals surface area contributed by atoms with Gasteiger partial charge in [-0.2, -0.15) is 0 Å². The number of benzene rings is 2. The number of hydrogen-bond donors (Lipinski definition) is 1. The molecule has 0 aliphatic rings. The van der Waals surface area contributed by atoms with E-state index < -0.39 is 0 Å². The van der Waals surface area contributed by atoms with Gasteiger partial charge in [-0.1, -0.05) is 79.2 Å². The molecule has 2 rings (SSSR count). The molecule has 0 aromatic heterocycles. The molecule has 0 saturated heterocycles. The fourth-order valence-corrected chi connectivity index (χ4v) is 2.99. The molecule has 0 bridgehead atoms. The average molecular weight is 346 g/mol. The van der Waals surface area contributed by atoms with E-state index in [1.807, 2.05) is 0 Å². The Morgan fingerprint density at radius 3 is 2.14 bits per heavy atom. The number of halogens is 1. The second-order valence-corrected chi connectivity index (χ2v) is 6.58. The quantitative estimate of drug-likeness (QED) is 0.711. The Balaban J connectivity index is 2.33. The first kappa shape index (κ1) is 16.3. The highest BCUT2D eigenvalue weighted by Crippen LogP contribution is 2.29. The minimum atomic E-state index is 0.238. The summed E-state index contributed by atoms with van der Waals surface area (Å²) in [5.74, 6) is 0.574. The molecule has 2 aromatic rings. The SMILES string of the molecule is CCCNC(c1ccc(C(C)C)cc1)c1ccccc1Br. The maximum absolute atomic E-state index is 3.68. The lowest BCUT2D eigenvalue weighted by molar-refractivity contribution is 0.596. The molecular weight excluding hydrogens is 322 g/mol. The van der Waals surface area contributed by atoms with E-state index in [-0.39, 0.29) is 6.04 Å². The van der Waals surface area contributed by atoms with Crippen molar-refractivity contribution < 1.29 is 0 Å². The van der Waals surface area contributed by atoms with Crippen LogP contribution in [0.2, 0.25) is 0 Å². The summed E-state index contributed by atoms with van der Waals surface area (Å²) in [6.45, 7) is 7.68. The third-order valence-corrected chi connectivity index (χ3v) is 4.47. The van der Waals surface area contributed by atoms with Crippen LogP contribution < -0.4 is 5.32 Å². The van der Waals surface area contributed by atoms with E-state index in [1.54, 1.807) is 0 Å². The zero-order valence-corrected chi connectivity index (χ0v) is 14.7. The van der Waals surface area contributed by atoms with Gasteiger partial charge in [0, 0.05) is 4.47 Å². The molecule has 1 atom stereocenters. The first-order chi connectivity index (χ1) is 10.1. The van der Waals surface area contributed by atoms with Crippen LogP contribution in [-0.4, -0.2) is 6.54 Å². The van der Waals surface area contributed by atoms with Crippen molar-refractivity contribution in [2.45, 2.75) is 39.2 Å². The van der Waals surface area contributed by atoms with E-state index in [4.69, 9.17) is 0 Å². The number of hydrogen-bond acceptors (Lipinski definition) is 1. The van der Waals surface area contributed by atoms with Gasteiger partial charge >= 0.3 is 0 Å². The van der Waals surface area contributed by atoms with Gasteiger partial charge in [-0.25, -0.2) is 0 Å². The van der Waals surface area contributed by atoms with Crippen molar-refractivity contribution in [3.63, 3.8) is 0 Å². The van der Waals surface area contributed by atoms with Crippen LogP contribution in [0.4, 0.5) is 0 Å². The van der Waals surface area contributed by atoms with Gasteiger partial charge in [-0.05, 0) is 41.6 Å². The van der Waals surface area contributed by atoms with Gasteiger partial charge < -0.3 is 5.32 Å². The lowest BCUT2D eigenvalue weighted by atomic mass is 9.95. The normalized spacial score (nSPS) is 12.6. The molecule has 112 valence electrons. The summed E-state index contributed by atoms with van der Waals surface area (Å²) in [6.07, 6.45) is 1.13. The van der Waals surface area contributed by atoms with Gasteiger partial charge in [0.1, 0.15) is 0 Å². The highest BCUT2D eigenvalue weighted by Gasteiger charge is 2.15. The van der Waals surface area contributed by atoms with Crippen molar-refractivity contribution in [3.05, 3.63) is 69.7 Å². The Bertz CT molecular complexity index is 560. The fourth-order valence-electron chi connectivity index (χ4n) is 2.48. The predicted molar refractivity (Wildman–Crippen MR) is 94.8 cm³/mol. The summed E-state index contributed by atoms with van der Waals surface area (Å²) in [5, 5.41) is 3.66. The van der Waals surface area contributed by atoms with Crippen molar-refractivity contribution in [1.82, 2.24) is 5.32 Å². The van der Waals surface area contributed by atoms with E-state index in [1.165, 1.54) is 16.7 Å². The molecule has 0 heterocycles. The molecule has 21 heavy (non-hydrogen) atoms. The van der Waals surface area contributed by atoms with Gasteiger partial charge in [0.2, 0.25) is 0 Å². The van der Waals surface area contributed by atoms with Crippen LogP contribution in [0.25, 0.3) is 0 Å². The molecule has 2 aromatic carbocycles. The maximum atomic E-state index is 3.68. The smallest absolute Gasteiger partial charge is 0.0587 e. The zero-order chi connectivity index (χ0) is 15.2. The third kappa shape index (κ3) is 4.18. The summed E-state index contributed by atoms with van der Waals surface area (Å²) in [4.78, 5) is 0. The lowest BCUT2D eigenvalue weighted by Gasteiger charge is -2.21. The Hall–Kier alpha value is -1.12. The van der Waals surface area contributed by atoms with Crippen LogP contribution in [0.5, 0.6) is 0 Å². The van der Waals surface area contributed by atoms with E-state index in [9.17, 15) is 0 Å². The van der Waals surface area contributed by atoms with Gasteiger partial charge in [0.15, 0.2) is 0 Å². The molecule has 0 aliphatic heterocycles. The minimum Gasteiger partial charge on any atom is -0.306 e. The Kier molecular flexibility index (Phi) is 6.01. The molecule has 0 saturated carbocycles. The summed E-state index contributed by atoms with van der Waals surface area (Å²) < 4.78 is 1.16. The zero-order valence-electron chi connectivity index (χ0n) is 13.1. The second-order valence-electron chi connectivity index (χ2n) is 5.73. The van der Waals surface area contributed by atoms with Crippen molar-refractivity contribution in [2.75, 3.05) is 6.54 Å². The highest BCUT2D eigenvalue weighted by atomic mass is 79.9. The Morgan fingerprint density at radius 1 is 0.952 bits per heavy atom. The van der Waals surface area contributed by atoms with Crippen LogP contribution in [-0.2, 0) is 0 Å². The molecule has 0 spiro atoms. The minimum absolute atomic E-state index is 0.238. The molecule has 1 N–H and O–H groups in total. The Morgan fingerprint density at radius 2 is 1.57 bits per heavy atom. The Labute approximate surface area is 136 Å². The van der Waals surface area contributed by atoms with Crippen LogP contribution in [0, 0.1) is 0 Å². The topological polar surface area (TPSA) is 12.0 Å².